The molecule has 0 aliphatic rings. The number of anilines is 1. The Morgan fingerprint density at radius 1 is 1.37 bits per heavy atom. The summed E-state index contributed by atoms with van der Waals surface area (Å²) in [7, 11) is 1.20. The summed E-state index contributed by atoms with van der Waals surface area (Å²) in [4.78, 5) is 11.1. The first-order valence-corrected chi connectivity index (χ1v) is 6.52. The highest BCUT2D eigenvalue weighted by Gasteiger charge is 2.16. The summed E-state index contributed by atoms with van der Waals surface area (Å²) >= 11 is 1.38. The number of esters is 1. The Bertz CT molecular complexity index is 445. The molecule has 19 heavy (non-hydrogen) atoms. The van der Waals surface area contributed by atoms with Crippen LogP contribution in [0.2, 0.25) is 0 Å². The first-order chi connectivity index (χ1) is 8.64. The quantitative estimate of drug-likeness (QED) is 0.472. The van der Waals surface area contributed by atoms with E-state index in [0.717, 1.165) is 6.07 Å². The lowest BCUT2D eigenvalue weighted by atomic mass is 10.1. The van der Waals surface area contributed by atoms with Gasteiger partial charge in [0.05, 0.1) is 7.11 Å². The highest BCUT2D eigenvalue weighted by molar-refractivity contribution is 7.98. The minimum Gasteiger partial charge on any atom is -0.465 e. The SMILES string of the molecule is CC(C)(C)SN.COC(=O)c1c(F)ccc(N)c1C. The third-order valence-electron chi connectivity index (χ3n) is 2.20. The number of halogens is 1. The maximum absolute atomic E-state index is 13.1. The van der Waals surface area contributed by atoms with Gasteiger partial charge in [-0.1, -0.05) is 11.9 Å². The Balaban J connectivity index is 0.000000459. The van der Waals surface area contributed by atoms with Gasteiger partial charge in [0.1, 0.15) is 11.4 Å². The summed E-state index contributed by atoms with van der Waals surface area (Å²) in [5, 5.41) is 5.22. The van der Waals surface area contributed by atoms with Crippen molar-refractivity contribution >= 4 is 23.6 Å². The standard InChI is InChI=1S/C9H10FNO2.C4H11NS/c1-5-7(11)4-3-6(10)8(5)9(12)13-2;1-4(2,3)6-5/h3-4H,11H2,1-2H3;5H2,1-3H3. The highest BCUT2D eigenvalue weighted by atomic mass is 32.2. The molecule has 0 spiro atoms. The third-order valence-corrected chi connectivity index (χ3v) is 2.91. The normalized spacial score (nSPS) is 10.5. The van der Waals surface area contributed by atoms with Crippen molar-refractivity contribution in [3.8, 4) is 0 Å². The molecule has 0 fully saturated rings. The Kier molecular flexibility index (Phi) is 6.86. The Morgan fingerprint density at radius 2 is 1.84 bits per heavy atom. The van der Waals surface area contributed by atoms with Gasteiger partial charge in [-0.15, -0.1) is 0 Å². The number of ether oxygens (including phenoxy) is 1. The maximum Gasteiger partial charge on any atom is 0.341 e. The van der Waals surface area contributed by atoms with Crippen LogP contribution in [-0.2, 0) is 4.74 Å². The molecular formula is C13H21FN2O2S. The van der Waals surface area contributed by atoms with E-state index in [2.05, 4.69) is 25.5 Å². The van der Waals surface area contributed by atoms with Crippen LogP contribution in [0.25, 0.3) is 0 Å². The molecule has 1 aromatic rings. The van der Waals surface area contributed by atoms with E-state index in [1.165, 1.54) is 25.1 Å². The summed E-state index contributed by atoms with van der Waals surface area (Å²) in [5.74, 6) is -1.32. The summed E-state index contributed by atoms with van der Waals surface area (Å²) in [6, 6.07) is 2.56. The molecule has 0 aromatic heterocycles. The van der Waals surface area contributed by atoms with E-state index in [1.54, 1.807) is 6.92 Å². The van der Waals surface area contributed by atoms with E-state index in [4.69, 9.17) is 10.9 Å². The van der Waals surface area contributed by atoms with E-state index < -0.39 is 11.8 Å². The molecule has 0 amide bonds. The fourth-order valence-corrected chi connectivity index (χ4v) is 1.05. The van der Waals surface area contributed by atoms with Gasteiger partial charge in [-0.3, -0.25) is 5.14 Å². The van der Waals surface area contributed by atoms with E-state index >= 15 is 0 Å². The number of carbonyl (C=O) groups excluding carboxylic acids is 1. The number of benzene rings is 1. The smallest absolute Gasteiger partial charge is 0.341 e. The number of nitrogens with two attached hydrogens (primary N) is 2. The van der Waals surface area contributed by atoms with Crippen molar-refractivity contribution in [1.82, 2.24) is 0 Å². The molecule has 0 radical (unpaired) electrons. The van der Waals surface area contributed by atoms with E-state index in [1.807, 2.05) is 0 Å². The first-order valence-electron chi connectivity index (χ1n) is 5.64. The molecular weight excluding hydrogens is 267 g/mol. The highest BCUT2D eigenvalue weighted by Crippen LogP contribution is 2.19. The zero-order valence-corrected chi connectivity index (χ0v) is 12.7. The molecule has 0 unspecified atom stereocenters. The van der Waals surface area contributed by atoms with E-state index in [9.17, 15) is 9.18 Å². The fraction of sp³-hybridized carbons (Fsp3) is 0.462. The number of nitrogen functional groups attached to an aromatic ring is 1. The molecule has 4 nitrogen and oxygen atoms in total. The summed E-state index contributed by atoms with van der Waals surface area (Å²) in [5.41, 5.74) is 6.20. The molecule has 1 rings (SSSR count). The molecule has 0 atom stereocenters. The molecule has 108 valence electrons. The predicted octanol–water partition coefficient (Wildman–Crippen LogP) is 2.89. The van der Waals surface area contributed by atoms with Gasteiger partial charge in [0.15, 0.2) is 0 Å². The Morgan fingerprint density at radius 3 is 2.21 bits per heavy atom. The van der Waals surface area contributed by atoms with Crippen LogP contribution in [0.5, 0.6) is 0 Å². The van der Waals surface area contributed by atoms with Crippen molar-refractivity contribution in [2.24, 2.45) is 5.14 Å². The van der Waals surface area contributed by atoms with Crippen molar-refractivity contribution < 1.29 is 13.9 Å². The molecule has 0 heterocycles. The van der Waals surface area contributed by atoms with Gasteiger partial charge in [0, 0.05) is 10.4 Å². The van der Waals surface area contributed by atoms with Gasteiger partial charge >= 0.3 is 5.97 Å². The summed E-state index contributed by atoms with van der Waals surface area (Å²) in [6.07, 6.45) is 0. The third kappa shape index (κ3) is 5.94. The average molecular weight is 288 g/mol. The lowest BCUT2D eigenvalue weighted by molar-refractivity contribution is 0.0594. The molecule has 0 saturated carbocycles. The number of hydrogen-bond acceptors (Lipinski definition) is 5. The van der Waals surface area contributed by atoms with Crippen LogP contribution in [0.4, 0.5) is 10.1 Å². The first kappa shape index (κ1) is 17.7. The lowest BCUT2D eigenvalue weighted by Gasteiger charge is -2.11. The second kappa shape index (κ2) is 7.35. The Hall–Kier alpha value is -1.27. The van der Waals surface area contributed by atoms with Crippen molar-refractivity contribution in [2.45, 2.75) is 32.4 Å². The molecule has 0 bridgehead atoms. The van der Waals surface area contributed by atoms with Gasteiger partial charge in [-0.25, -0.2) is 9.18 Å². The zero-order chi connectivity index (χ0) is 15.2. The van der Waals surface area contributed by atoms with Crippen LogP contribution in [0, 0.1) is 12.7 Å². The molecule has 6 heteroatoms. The fourth-order valence-electron chi connectivity index (χ4n) is 1.05. The van der Waals surface area contributed by atoms with Gasteiger partial charge in [-0.05, 0) is 45.4 Å². The number of rotatable bonds is 1. The summed E-state index contributed by atoms with van der Waals surface area (Å²) in [6.45, 7) is 7.82. The van der Waals surface area contributed by atoms with Crippen molar-refractivity contribution in [3.63, 3.8) is 0 Å². The molecule has 0 aliphatic carbocycles. The van der Waals surface area contributed by atoms with Gasteiger partial charge in [-0.2, -0.15) is 0 Å². The molecule has 4 N–H and O–H groups in total. The second-order valence-corrected chi connectivity index (χ2v) is 6.32. The van der Waals surface area contributed by atoms with Gasteiger partial charge in [0.2, 0.25) is 0 Å². The molecule has 0 aliphatic heterocycles. The van der Waals surface area contributed by atoms with Crippen LogP contribution in [0.3, 0.4) is 0 Å². The lowest BCUT2D eigenvalue weighted by Crippen LogP contribution is -2.09. The monoisotopic (exact) mass is 288 g/mol. The molecule has 0 saturated heterocycles. The topological polar surface area (TPSA) is 78.3 Å². The van der Waals surface area contributed by atoms with Gasteiger partial charge < -0.3 is 10.5 Å². The Labute approximate surface area is 117 Å². The van der Waals surface area contributed by atoms with E-state index in [-0.39, 0.29) is 10.3 Å². The van der Waals surface area contributed by atoms with Crippen molar-refractivity contribution in [2.75, 3.05) is 12.8 Å². The molecule has 1 aromatic carbocycles. The van der Waals surface area contributed by atoms with Crippen LogP contribution in [-0.4, -0.2) is 17.8 Å². The average Bonchev–Trinajstić information content (AvgIpc) is 2.34. The predicted molar refractivity (Wildman–Crippen MR) is 78.4 cm³/mol. The minimum atomic E-state index is -0.706. The van der Waals surface area contributed by atoms with Crippen LogP contribution >= 0.6 is 11.9 Å². The van der Waals surface area contributed by atoms with E-state index in [0.29, 0.717) is 11.3 Å². The van der Waals surface area contributed by atoms with Crippen LogP contribution in [0.1, 0.15) is 36.7 Å². The maximum atomic E-state index is 13.1. The van der Waals surface area contributed by atoms with Crippen molar-refractivity contribution in [1.29, 1.82) is 0 Å². The largest absolute Gasteiger partial charge is 0.465 e. The number of carbonyl (C=O) groups is 1. The number of hydrogen-bond donors (Lipinski definition) is 2. The number of methoxy groups -OCH3 is 1. The van der Waals surface area contributed by atoms with Gasteiger partial charge in [0.25, 0.3) is 0 Å². The van der Waals surface area contributed by atoms with Crippen molar-refractivity contribution in [3.05, 3.63) is 29.1 Å². The zero-order valence-electron chi connectivity index (χ0n) is 11.9. The minimum absolute atomic E-state index is 0.0949. The van der Waals surface area contributed by atoms with Crippen LogP contribution in [0.15, 0.2) is 12.1 Å². The second-order valence-electron chi connectivity index (χ2n) is 4.86. The summed E-state index contributed by atoms with van der Waals surface area (Å²) < 4.78 is 17.8. The van der Waals surface area contributed by atoms with Crippen LogP contribution < -0.4 is 10.9 Å².